The number of rotatable bonds is 9. The lowest BCUT2D eigenvalue weighted by Gasteiger charge is -2.43. The van der Waals surface area contributed by atoms with Crippen molar-refractivity contribution in [1.29, 1.82) is 0 Å². The molecule has 3 rings (SSSR count). The molecule has 0 amide bonds. The van der Waals surface area contributed by atoms with Crippen molar-refractivity contribution in [2.45, 2.75) is 89.0 Å². The maximum absolute atomic E-state index is 11.8. The highest BCUT2D eigenvalue weighted by molar-refractivity contribution is 5.13. The van der Waals surface area contributed by atoms with Gasteiger partial charge in [-0.3, -0.25) is 10.1 Å². The molecular weight excluding hydrogens is 378 g/mol. The highest BCUT2D eigenvalue weighted by atomic mass is 16.8. The zero-order chi connectivity index (χ0) is 21.1. The summed E-state index contributed by atoms with van der Waals surface area (Å²) in [6, 6.07) is 8.42. The minimum Gasteiger partial charge on any atom is -0.378 e. The Morgan fingerprint density at radius 3 is 2.66 bits per heavy atom. The Morgan fingerprint density at radius 1 is 1.28 bits per heavy atom. The normalized spacial score (nSPS) is 31.9. The molecule has 2 aliphatic heterocycles. The lowest BCUT2D eigenvalue weighted by Crippen LogP contribution is -2.67. The smallest absolute Gasteiger partial charge is 0.246 e. The molecular formula is C21H31NO7. The molecule has 29 heavy (non-hydrogen) atoms. The Hall–Kier alpha value is -1.58. The molecule has 1 aromatic carbocycles. The lowest BCUT2D eigenvalue weighted by atomic mass is 9.81. The maximum atomic E-state index is 11.8. The zero-order valence-corrected chi connectivity index (χ0v) is 17.3. The van der Waals surface area contributed by atoms with Gasteiger partial charge in [-0.25, -0.2) is 0 Å². The summed E-state index contributed by atoms with van der Waals surface area (Å²) in [4.78, 5) is 11.4. The minimum absolute atomic E-state index is 0.245. The van der Waals surface area contributed by atoms with E-state index in [1.54, 1.807) is 13.8 Å². The van der Waals surface area contributed by atoms with Crippen molar-refractivity contribution in [3.05, 3.63) is 46.0 Å². The molecule has 2 heterocycles. The number of fused-ring (bicyclic) bond motifs is 1. The molecule has 2 aliphatic rings. The zero-order valence-electron chi connectivity index (χ0n) is 17.3. The summed E-state index contributed by atoms with van der Waals surface area (Å²) in [6.07, 6.45) is 0.244. The van der Waals surface area contributed by atoms with Crippen LogP contribution in [0.15, 0.2) is 30.3 Å². The van der Waals surface area contributed by atoms with Crippen molar-refractivity contribution in [1.82, 2.24) is 0 Å². The third-order valence-corrected chi connectivity index (χ3v) is 5.54. The van der Waals surface area contributed by atoms with Crippen molar-refractivity contribution in [3.8, 4) is 0 Å². The summed E-state index contributed by atoms with van der Waals surface area (Å²) in [5.41, 5.74) is -0.822. The summed E-state index contributed by atoms with van der Waals surface area (Å²) in [6.45, 7) is 5.52. The number of aliphatic hydroxyl groups is 1. The van der Waals surface area contributed by atoms with Gasteiger partial charge in [-0.15, -0.1) is 0 Å². The molecule has 8 nitrogen and oxygen atoms in total. The average Bonchev–Trinajstić information content (AvgIpc) is 3.02. The predicted octanol–water partition coefficient (Wildman–Crippen LogP) is 3.04. The van der Waals surface area contributed by atoms with Crippen LogP contribution in [0.5, 0.6) is 0 Å². The van der Waals surface area contributed by atoms with Gasteiger partial charge in [-0.1, -0.05) is 50.1 Å². The van der Waals surface area contributed by atoms with Gasteiger partial charge in [0.15, 0.2) is 17.7 Å². The fourth-order valence-corrected chi connectivity index (χ4v) is 4.07. The minimum atomic E-state index is -1.79. The van der Waals surface area contributed by atoms with Crippen LogP contribution in [-0.4, -0.2) is 52.6 Å². The molecule has 0 radical (unpaired) electrons. The number of nitro groups is 1. The summed E-state index contributed by atoms with van der Waals surface area (Å²) in [5, 5.41) is 23.2. The summed E-state index contributed by atoms with van der Waals surface area (Å²) in [7, 11) is 0. The first-order valence-electron chi connectivity index (χ1n) is 10.3. The van der Waals surface area contributed by atoms with Gasteiger partial charge in [-0.2, -0.15) is 0 Å². The molecule has 1 N–H and O–H groups in total. The van der Waals surface area contributed by atoms with Crippen LogP contribution in [-0.2, 0) is 25.6 Å². The number of hydrogen-bond donors (Lipinski definition) is 1. The summed E-state index contributed by atoms with van der Waals surface area (Å²) >= 11 is 0. The first-order valence-corrected chi connectivity index (χ1v) is 10.3. The Bertz CT molecular complexity index is 683. The second kappa shape index (κ2) is 9.06. The van der Waals surface area contributed by atoms with E-state index in [0.717, 1.165) is 18.4 Å². The van der Waals surface area contributed by atoms with Crippen molar-refractivity contribution in [2.75, 3.05) is 6.61 Å². The fourth-order valence-electron chi connectivity index (χ4n) is 4.07. The van der Waals surface area contributed by atoms with Crippen LogP contribution in [0.2, 0.25) is 0 Å². The van der Waals surface area contributed by atoms with Gasteiger partial charge in [0.1, 0.15) is 12.2 Å². The van der Waals surface area contributed by atoms with Crippen molar-refractivity contribution in [3.63, 3.8) is 0 Å². The summed E-state index contributed by atoms with van der Waals surface area (Å²) < 4.78 is 23.6. The highest BCUT2D eigenvalue weighted by Crippen LogP contribution is 2.43. The van der Waals surface area contributed by atoms with Gasteiger partial charge in [0.25, 0.3) is 0 Å². The Balaban J connectivity index is 1.77. The number of hydrogen-bond acceptors (Lipinski definition) is 7. The average molecular weight is 409 g/mol. The van der Waals surface area contributed by atoms with Gasteiger partial charge in [0.2, 0.25) is 6.04 Å². The molecule has 1 aromatic rings. The van der Waals surface area contributed by atoms with E-state index < -0.39 is 40.9 Å². The quantitative estimate of drug-likeness (QED) is 0.380. The van der Waals surface area contributed by atoms with Gasteiger partial charge < -0.3 is 24.1 Å². The number of ether oxygens (including phenoxy) is 4. The molecule has 8 heteroatoms. The van der Waals surface area contributed by atoms with E-state index >= 15 is 0 Å². The van der Waals surface area contributed by atoms with E-state index in [0.29, 0.717) is 13.0 Å². The Kier molecular flexibility index (Phi) is 6.90. The first-order chi connectivity index (χ1) is 13.8. The summed E-state index contributed by atoms with van der Waals surface area (Å²) in [5.74, 6) is -1.00. The van der Waals surface area contributed by atoms with E-state index in [9.17, 15) is 15.2 Å². The third kappa shape index (κ3) is 4.95. The van der Waals surface area contributed by atoms with E-state index in [2.05, 4.69) is 0 Å². The van der Waals surface area contributed by atoms with Crippen LogP contribution in [0.4, 0.5) is 0 Å². The molecule has 0 saturated carbocycles. The maximum Gasteiger partial charge on any atom is 0.246 e. The van der Waals surface area contributed by atoms with Crippen molar-refractivity contribution >= 4 is 0 Å². The van der Waals surface area contributed by atoms with Crippen LogP contribution >= 0.6 is 0 Å². The molecule has 0 bridgehead atoms. The van der Waals surface area contributed by atoms with E-state index in [1.165, 1.54) is 0 Å². The second-order valence-corrected chi connectivity index (χ2v) is 8.28. The van der Waals surface area contributed by atoms with Crippen molar-refractivity contribution < 1.29 is 29.0 Å². The molecule has 5 atom stereocenters. The van der Waals surface area contributed by atoms with Crippen LogP contribution in [0.25, 0.3) is 0 Å². The standard InChI is InChI=1S/C21H31NO7/c1-4-5-7-12-16(22(24)25)21(23)14-27-19(17-18(21)29-20(2,3)28-17)26-13-15-10-8-6-9-11-15/h6,8-11,16-19,23H,4-5,7,12-14H2,1-3H3/t16-,17-,18+,19-,21+/m0/s1. The topological polar surface area (TPSA) is 100 Å². The molecule has 162 valence electrons. The molecule has 2 fully saturated rings. The van der Waals surface area contributed by atoms with Gasteiger partial charge in [-0.05, 0) is 25.8 Å². The monoisotopic (exact) mass is 409 g/mol. The molecule has 0 unspecified atom stereocenters. The van der Waals surface area contributed by atoms with E-state index in [-0.39, 0.29) is 13.0 Å². The van der Waals surface area contributed by atoms with Crippen LogP contribution in [0.3, 0.4) is 0 Å². The van der Waals surface area contributed by atoms with Crippen molar-refractivity contribution in [2.24, 2.45) is 0 Å². The van der Waals surface area contributed by atoms with Gasteiger partial charge in [0, 0.05) is 11.3 Å². The Morgan fingerprint density at radius 2 is 2.00 bits per heavy atom. The molecule has 0 aliphatic carbocycles. The fraction of sp³-hybridized carbons (Fsp3) is 0.714. The van der Waals surface area contributed by atoms with E-state index in [1.807, 2.05) is 37.3 Å². The SMILES string of the molecule is CCCCC[C@H]([N+](=O)[O-])[C@]1(O)CO[C@H](OCc2ccccc2)[C@H]2OC(C)(C)O[C@H]21. The number of benzene rings is 1. The van der Waals surface area contributed by atoms with E-state index in [4.69, 9.17) is 18.9 Å². The molecule has 0 aromatic heterocycles. The molecule has 2 saturated heterocycles. The largest absolute Gasteiger partial charge is 0.378 e. The van der Waals surface area contributed by atoms with Crippen LogP contribution < -0.4 is 0 Å². The first kappa shape index (κ1) is 22.1. The molecule has 0 spiro atoms. The van der Waals surface area contributed by atoms with Gasteiger partial charge in [0.05, 0.1) is 13.2 Å². The van der Waals surface area contributed by atoms with Crippen LogP contribution in [0.1, 0.15) is 52.0 Å². The highest BCUT2D eigenvalue weighted by Gasteiger charge is 2.64. The third-order valence-electron chi connectivity index (χ3n) is 5.54. The van der Waals surface area contributed by atoms with Crippen LogP contribution in [0, 0.1) is 10.1 Å². The van der Waals surface area contributed by atoms with Gasteiger partial charge >= 0.3 is 0 Å². The second-order valence-electron chi connectivity index (χ2n) is 8.28. The number of unbranched alkanes of at least 4 members (excludes halogenated alkanes) is 2. The Labute approximate surface area is 171 Å². The number of nitrogens with zero attached hydrogens (tertiary/aromatic N) is 1. The lowest BCUT2D eigenvalue weighted by molar-refractivity contribution is -0.555. The predicted molar refractivity (Wildman–Crippen MR) is 105 cm³/mol.